The SMILES string of the molecule is CCOc1ccc(Cl)cc1NC(=O)c1cc(S(C)(=O)=O)ccc1C. The first-order valence-corrected chi connectivity index (χ1v) is 9.53. The highest BCUT2D eigenvalue weighted by molar-refractivity contribution is 7.90. The molecule has 7 heteroatoms. The van der Waals surface area contributed by atoms with Crippen molar-refractivity contribution in [2.24, 2.45) is 0 Å². The summed E-state index contributed by atoms with van der Waals surface area (Å²) in [5.41, 5.74) is 1.37. The predicted molar refractivity (Wildman–Crippen MR) is 94.9 cm³/mol. The molecule has 5 nitrogen and oxygen atoms in total. The number of rotatable bonds is 5. The number of nitrogens with one attached hydrogen (secondary N) is 1. The van der Waals surface area contributed by atoms with E-state index < -0.39 is 15.7 Å². The highest BCUT2D eigenvalue weighted by Crippen LogP contribution is 2.29. The Morgan fingerprint density at radius 3 is 2.54 bits per heavy atom. The average molecular weight is 368 g/mol. The molecule has 0 aromatic heterocycles. The number of amides is 1. The van der Waals surface area contributed by atoms with Crippen LogP contribution in [0.4, 0.5) is 5.69 Å². The van der Waals surface area contributed by atoms with Gasteiger partial charge in [-0.25, -0.2) is 8.42 Å². The lowest BCUT2D eigenvalue weighted by Crippen LogP contribution is -2.15. The number of sulfone groups is 1. The number of anilines is 1. The van der Waals surface area contributed by atoms with Crippen LogP contribution in [0.15, 0.2) is 41.3 Å². The molecule has 0 bridgehead atoms. The van der Waals surface area contributed by atoms with Crippen molar-refractivity contribution in [3.8, 4) is 5.75 Å². The van der Waals surface area contributed by atoms with E-state index in [0.717, 1.165) is 6.26 Å². The van der Waals surface area contributed by atoms with E-state index in [-0.39, 0.29) is 10.5 Å². The van der Waals surface area contributed by atoms with Gasteiger partial charge in [0.25, 0.3) is 5.91 Å². The van der Waals surface area contributed by atoms with Gasteiger partial charge in [-0.1, -0.05) is 17.7 Å². The quantitative estimate of drug-likeness (QED) is 0.874. The van der Waals surface area contributed by atoms with Gasteiger partial charge in [0, 0.05) is 16.8 Å². The Bertz CT molecular complexity index is 878. The number of benzene rings is 2. The van der Waals surface area contributed by atoms with Crippen LogP contribution in [0.1, 0.15) is 22.8 Å². The Hall–Kier alpha value is -2.05. The molecule has 0 aliphatic carbocycles. The second-order valence-electron chi connectivity index (χ2n) is 5.28. The van der Waals surface area contributed by atoms with E-state index in [1.807, 2.05) is 6.92 Å². The van der Waals surface area contributed by atoms with Crippen molar-refractivity contribution in [3.05, 3.63) is 52.5 Å². The molecule has 2 aromatic carbocycles. The van der Waals surface area contributed by atoms with Gasteiger partial charge < -0.3 is 10.1 Å². The van der Waals surface area contributed by atoms with E-state index in [0.29, 0.717) is 28.6 Å². The van der Waals surface area contributed by atoms with Crippen LogP contribution in [0, 0.1) is 6.92 Å². The number of ether oxygens (including phenoxy) is 1. The second kappa shape index (κ2) is 7.23. The minimum atomic E-state index is -3.40. The van der Waals surface area contributed by atoms with Crippen LogP contribution in [0.3, 0.4) is 0 Å². The van der Waals surface area contributed by atoms with Crippen LogP contribution in [0.2, 0.25) is 5.02 Å². The molecule has 1 N–H and O–H groups in total. The molecule has 24 heavy (non-hydrogen) atoms. The molecule has 2 rings (SSSR count). The molecule has 2 aromatic rings. The summed E-state index contributed by atoms with van der Waals surface area (Å²) < 4.78 is 28.9. The lowest BCUT2D eigenvalue weighted by Gasteiger charge is -2.13. The summed E-state index contributed by atoms with van der Waals surface area (Å²) in [7, 11) is -3.40. The van der Waals surface area contributed by atoms with Gasteiger partial charge in [-0.2, -0.15) is 0 Å². The summed E-state index contributed by atoms with van der Waals surface area (Å²) in [5.74, 6) is 0.0633. The molecule has 0 aliphatic heterocycles. The third-order valence-corrected chi connectivity index (χ3v) is 4.72. The molecule has 0 saturated heterocycles. The van der Waals surface area contributed by atoms with E-state index in [9.17, 15) is 13.2 Å². The van der Waals surface area contributed by atoms with Gasteiger partial charge in [-0.3, -0.25) is 4.79 Å². The van der Waals surface area contributed by atoms with Crippen molar-refractivity contribution in [1.29, 1.82) is 0 Å². The fourth-order valence-electron chi connectivity index (χ4n) is 2.15. The first-order valence-electron chi connectivity index (χ1n) is 7.26. The molecular formula is C17H18ClNO4S. The lowest BCUT2D eigenvalue weighted by molar-refractivity contribution is 0.102. The summed E-state index contributed by atoms with van der Waals surface area (Å²) in [6, 6.07) is 9.36. The van der Waals surface area contributed by atoms with Crippen LogP contribution in [0.25, 0.3) is 0 Å². The minimum absolute atomic E-state index is 0.0920. The van der Waals surface area contributed by atoms with E-state index in [1.54, 1.807) is 31.2 Å². The zero-order valence-electron chi connectivity index (χ0n) is 13.6. The maximum atomic E-state index is 12.6. The summed E-state index contributed by atoms with van der Waals surface area (Å²) >= 11 is 5.98. The maximum absolute atomic E-state index is 12.6. The van der Waals surface area contributed by atoms with Gasteiger partial charge in [-0.15, -0.1) is 0 Å². The molecule has 0 fully saturated rings. The van der Waals surface area contributed by atoms with Gasteiger partial charge in [0.15, 0.2) is 9.84 Å². The smallest absolute Gasteiger partial charge is 0.256 e. The zero-order chi connectivity index (χ0) is 17.9. The first-order chi connectivity index (χ1) is 11.2. The predicted octanol–water partition coefficient (Wildman–Crippen LogP) is 3.70. The highest BCUT2D eigenvalue weighted by atomic mass is 35.5. The summed E-state index contributed by atoms with van der Waals surface area (Å²) in [6.45, 7) is 4.01. The normalized spacial score (nSPS) is 11.2. The number of hydrogen-bond acceptors (Lipinski definition) is 4. The standard InChI is InChI=1S/C17H18ClNO4S/c1-4-23-16-8-6-12(18)9-15(16)19-17(20)14-10-13(24(3,21)22)7-5-11(14)2/h5-10H,4H2,1-3H3,(H,19,20). The average Bonchev–Trinajstić information content (AvgIpc) is 2.49. The number of hydrogen-bond donors (Lipinski definition) is 1. The van der Waals surface area contributed by atoms with Crippen molar-refractivity contribution < 1.29 is 17.9 Å². The molecule has 0 spiro atoms. The monoisotopic (exact) mass is 367 g/mol. The molecule has 0 atom stereocenters. The number of carbonyl (C=O) groups excluding carboxylic acids is 1. The molecule has 0 aliphatic rings. The van der Waals surface area contributed by atoms with E-state index in [1.165, 1.54) is 12.1 Å². The molecule has 0 heterocycles. The van der Waals surface area contributed by atoms with Crippen LogP contribution < -0.4 is 10.1 Å². The van der Waals surface area contributed by atoms with Crippen molar-refractivity contribution in [2.75, 3.05) is 18.2 Å². The van der Waals surface area contributed by atoms with Gasteiger partial charge >= 0.3 is 0 Å². The maximum Gasteiger partial charge on any atom is 0.256 e. The Balaban J connectivity index is 2.39. The van der Waals surface area contributed by atoms with Gasteiger partial charge in [0.05, 0.1) is 17.2 Å². The Morgan fingerprint density at radius 1 is 1.21 bits per heavy atom. The molecule has 0 saturated carbocycles. The van der Waals surface area contributed by atoms with Gasteiger partial charge in [0.2, 0.25) is 0 Å². The Labute approximate surface area is 146 Å². The zero-order valence-corrected chi connectivity index (χ0v) is 15.2. The third-order valence-electron chi connectivity index (χ3n) is 3.37. The van der Waals surface area contributed by atoms with E-state index in [2.05, 4.69) is 5.32 Å². The summed E-state index contributed by atoms with van der Waals surface area (Å²) in [5, 5.41) is 3.18. The molecule has 0 radical (unpaired) electrons. The fraction of sp³-hybridized carbons (Fsp3) is 0.235. The third kappa shape index (κ3) is 4.27. The second-order valence-corrected chi connectivity index (χ2v) is 7.73. The highest BCUT2D eigenvalue weighted by Gasteiger charge is 2.16. The number of carbonyl (C=O) groups is 1. The molecule has 1 amide bonds. The van der Waals surface area contributed by atoms with Gasteiger partial charge in [-0.05, 0) is 49.7 Å². The number of aryl methyl sites for hydroxylation is 1. The van der Waals surface area contributed by atoms with E-state index in [4.69, 9.17) is 16.3 Å². The topological polar surface area (TPSA) is 72.5 Å². The van der Waals surface area contributed by atoms with Crippen LogP contribution in [-0.2, 0) is 9.84 Å². The largest absolute Gasteiger partial charge is 0.492 e. The van der Waals surface area contributed by atoms with Gasteiger partial charge in [0.1, 0.15) is 5.75 Å². The van der Waals surface area contributed by atoms with Crippen molar-refractivity contribution in [3.63, 3.8) is 0 Å². The van der Waals surface area contributed by atoms with Crippen molar-refractivity contribution in [1.82, 2.24) is 0 Å². The Kier molecular flexibility index (Phi) is 5.51. The molecular weight excluding hydrogens is 350 g/mol. The van der Waals surface area contributed by atoms with E-state index >= 15 is 0 Å². The van der Waals surface area contributed by atoms with Crippen LogP contribution in [0.5, 0.6) is 5.75 Å². The number of halogens is 1. The Morgan fingerprint density at radius 2 is 1.92 bits per heavy atom. The summed E-state index contributed by atoms with van der Waals surface area (Å²) in [6.07, 6.45) is 1.10. The lowest BCUT2D eigenvalue weighted by atomic mass is 10.1. The first kappa shape index (κ1) is 18.3. The molecule has 128 valence electrons. The van der Waals surface area contributed by atoms with Crippen molar-refractivity contribution in [2.45, 2.75) is 18.7 Å². The van der Waals surface area contributed by atoms with Crippen LogP contribution in [-0.4, -0.2) is 27.2 Å². The fourth-order valence-corrected chi connectivity index (χ4v) is 2.97. The van der Waals surface area contributed by atoms with Crippen LogP contribution >= 0.6 is 11.6 Å². The minimum Gasteiger partial charge on any atom is -0.492 e. The molecule has 0 unspecified atom stereocenters. The summed E-state index contributed by atoms with van der Waals surface area (Å²) in [4.78, 5) is 12.7. The van der Waals surface area contributed by atoms with Crippen molar-refractivity contribution >= 4 is 33.0 Å².